The summed E-state index contributed by atoms with van der Waals surface area (Å²) in [6, 6.07) is 36.7. The maximum atomic E-state index is 13.0. The van der Waals surface area contributed by atoms with Crippen molar-refractivity contribution < 1.29 is 19.8 Å². The number of aromatic hydroxyl groups is 2. The van der Waals surface area contributed by atoms with Gasteiger partial charge in [-0.1, -0.05) is 68.4 Å². The number of phenolic OH excluding ortho intramolecular Hbond substituents is 2. The summed E-state index contributed by atoms with van der Waals surface area (Å²) in [6.45, 7) is 4.28. The molecule has 5 aromatic carbocycles. The molecular weight excluding hydrogens is 548 g/mol. The van der Waals surface area contributed by atoms with Crippen LogP contribution in [-0.4, -0.2) is 22.0 Å². The van der Waals surface area contributed by atoms with Crippen LogP contribution in [-0.2, 0) is 12.8 Å². The van der Waals surface area contributed by atoms with Crippen LogP contribution in [0, 0.1) is 0 Å². The fourth-order valence-corrected chi connectivity index (χ4v) is 5.21. The quantitative estimate of drug-likeness (QED) is 0.133. The number of anilines is 2. The fourth-order valence-electron chi connectivity index (χ4n) is 5.21. The molecule has 0 radical (unpaired) electrons. The van der Waals surface area contributed by atoms with Crippen molar-refractivity contribution in [2.75, 3.05) is 10.6 Å². The number of hydrogen-bond donors (Lipinski definition) is 4. The highest BCUT2D eigenvalue weighted by molar-refractivity contribution is 6.08. The zero-order chi connectivity index (χ0) is 31.1. The maximum absolute atomic E-state index is 13.0. The maximum Gasteiger partial charge on any atom is 0.255 e. The molecule has 0 aliphatic rings. The molecular formula is C38H36N2O4. The Kier molecular flexibility index (Phi) is 9.40. The highest BCUT2D eigenvalue weighted by Crippen LogP contribution is 2.25. The molecule has 222 valence electrons. The second-order valence-corrected chi connectivity index (χ2v) is 11.3. The highest BCUT2D eigenvalue weighted by Gasteiger charge is 2.13. The van der Waals surface area contributed by atoms with Gasteiger partial charge in [0.2, 0.25) is 0 Å². The van der Waals surface area contributed by atoms with Crippen LogP contribution in [0.1, 0.15) is 68.7 Å². The van der Waals surface area contributed by atoms with E-state index in [1.165, 1.54) is 0 Å². The van der Waals surface area contributed by atoms with Gasteiger partial charge in [-0.05, 0) is 114 Å². The lowest BCUT2D eigenvalue weighted by Gasteiger charge is -2.13. The molecule has 0 saturated carbocycles. The zero-order valence-electron chi connectivity index (χ0n) is 24.8. The number of carbonyl (C=O) groups is 2. The summed E-state index contributed by atoms with van der Waals surface area (Å²) in [7, 11) is 0. The zero-order valence-corrected chi connectivity index (χ0v) is 24.8. The van der Waals surface area contributed by atoms with E-state index >= 15 is 0 Å². The van der Waals surface area contributed by atoms with Crippen LogP contribution in [0.25, 0.3) is 0 Å². The Hall–Kier alpha value is -5.36. The number of rotatable bonds is 10. The van der Waals surface area contributed by atoms with E-state index in [0.717, 1.165) is 35.1 Å². The average molecular weight is 585 g/mol. The van der Waals surface area contributed by atoms with Gasteiger partial charge in [-0.25, -0.2) is 0 Å². The summed E-state index contributed by atoms with van der Waals surface area (Å²) in [5, 5.41) is 24.9. The first-order valence-electron chi connectivity index (χ1n) is 14.7. The number of amides is 2. The Bertz CT molecular complexity index is 1590. The molecule has 4 N–H and O–H groups in total. The predicted octanol–water partition coefficient (Wildman–Crippen LogP) is 8.29. The number of phenols is 2. The van der Waals surface area contributed by atoms with E-state index < -0.39 is 0 Å². The number of carbonyl (C=O) groups excluding carboxylic acids is 2. The predicted molar refractivity (Wildman–Crippen MR) is 176 cm³/mol. The largest absolute Gasteiger partial charge is 0.508 e. The lowest BCUT2D eigenvalue weighted by atomic mass is 9.93. The van der Waals surface area contributed by atoms with Gasteiger partial charge in [0, 0.05) is 22.5 Å². The first kappa shape index (κ1) is 30.1. The van der Waals surface area contributed by atoms with E-state index in [4.69, 9.17) is 0 Å². The Morgan fingerprint density at radius 3 is 1.27 bits per heavy atom. The lowest BCUT2D eigenvalue weighted by Crippen LogP contribution is -2.15. The Morgan fingerprint density at radius 2 is 0.909 bits per heavy atom. The molecule has 0 saturated heterocycles. The standard InChI is InChI=1S/C38H36N2O4/c1-25(29-10-18-35(41)19-11-29)22-27-6-14-33(15-7-27)39-37(43)31-4-3-5-32(24-31)38(44)40-34-16-8-28(9-17-34)23-26(2)30-12-20-36(42)21-13-30/h3-21,24-26,41-42H,22-23H2,1-2H3,(H,39,43)(H,40,44). The van der Waals surface area contributed by atoms with Crippen LogP contribution >= 0.6 is 0 Å². The third-order valence-electron chi connectivity index (χ3n) is 7.82. The molecule has 2 unspecified atom stereocenters. The van der Waals surface area contributed by atoms with Crippen molar-refractivity contribution in [1.82, 2.24) is 0 Å². The van der Waals surface area contributed by atoms with Crippen LogP contribution in [0.2, 0.25) is 0 Å². The number of hydrogen-bond acceptors (Lipinski definition) is 4. The van der Waals surface area contributed by atoms with E-state index in [1.54, 1.807) is 48.5 Å². The number of nitrogens with one attached hydrogen (secondary N) is 2. The van der Waals surface area contributed by atoms with Crippen LogP contribution in [0.3, 0.4) is 0 Å². The molecule has 0 aliphatic heterocycles. The SMILES string of the molecule is CC(Cc1ccc(NC(=O)c2cccc(C(=O)Nc3ccc(CC(C)c4ccc(O)cc4)cc3)c2)cc1)c1ccc(O)cc1. The molecule has 0 aromatic heterocycles. The van der Waals surface area contributed by atoms with Gasteiger partial charge in [0.05, 0.1) is 0 Å². The summed E-state index contributed by atoms with van der Waals surface area (Å²) in [4.78, 5) is 26.0. The first-order chi connectivity index (χ1) is 21.2. The topological polar surface area (TPSA) is 98.7 Å². The summed E-state index contributed by atoms with van der Waals surface area (Å²) >= 11 is 0. The monoisotopic (exact) mass is 584 g/mol. The molecule has 0 aliphatic carbocycles. The van der Waals surface area contributed by atoms with E-state index in [1.807, 2.05) is 72.8 Å². The van der Waals surface area contributed by atoms with Gasteiger partial charge in [-0.2, -0.15) is 0 Å². The summed E-state index contributed by atoms with van der Waals surface area (Å²) in [5.74, 6) is 0.484. The second kappa shape index (κ2) is 13.7. The van der Waals surface area contributed by atoms with Gasteiger partial charge in [0.15, 0.2) is 0 Å². The number of benzene rings is 5. The minimum atomic E-state index is -0.294. The minimum absolute atomic E-state index is 0.256. The van der Waals surface area contributed by atoms with Gasteiger partial charge in [-0.15, -0.1) is 0 Å². The van der Waals surface area contributed by atoms with Crippen LogP contribution in [0.4, 0.5) is 11.4 Å². The van der Waals surface area contributed by atoms with Crippen LogP contribution < -0.4 is 10.6 Å². The molecule has 44 heavy (non-hydrogen) atoms. The Balaban J connectivity index is 1.15. The molecule has 5 aromatic rings. The van der Waals surface area contributed by atoms with Crippen molar-refractivity contribution in [3.8, 4) is 11.5 Å². The second-order valence-electron chi connectivity index (χ2n) is 11.3. The molecule has 0 bridgehead atoms. The molecule has 2 amide bonds. The summed E-state index contributed by atoms with van der Waals surface area (Å²) < 4.78 is 0. The van der Waals surface area contributed by atoms with E-state index in [9.17, 15) is 19.8 Å². The summed E-state index contributed by atoms with van der Waals surface area (Å²) in [5.41, 5.74) is 6.71. The smallest absolute Gasteiger partial charge is 0.255 e. The van der Waals surface area contributed by atoms with Crippen LogP contribution in [0.5, 0.6) is 11.5 Å². The van der Waals surface area contributed by atoms with Crippen molar-refractivity contribution in [2.45, 2.75) is 38.5 Å². The van der Waals surface area contributed by atoms with E-state index in [2.05, 4.69) is 24.5 Å². The molecule has 6 heteroatoms. The van der Waals surface area contributed by atoms with Gasteiger partial charge in [0.1, 0.15) is 11.5 Å². The van der Waals surface area contributed by atoms with Crippen molar-refractivity contribution in [2.24, 2.45) is 0 Å². The highest BCUT2D eigenvalue weighted by atomic mass is 16.3. The van der Waals surface area contributed by atoms with Gasteiger partial charge < -0.3 is 20.8 Å². The third kappa shape index (κ3) is 7.92. The average Bonchev–Trinajstić information content (AvgIpc) is 3.03. The first-order valence-corrected chi connectivity index (χ1v) is 14.7. The molecule has 5 rings (SSSR count). The third-order valence-corrected chi connectivity index (χ3v) is 7.82. The lowest BCUT2D eigenvalue weighted by molar-refractivity contribution is 0.102. The Morgan fingerprint density at radius 1 is 0.545 bits per heavy atom. The molecule has 0 heterocycles. The van der Waals surface area contributed by atoms with E-state index in [-0.39, 0.29) is 35.1 Å². The summed E-state index contributed by atoms with van der Waals surface area (Å²) in [6.07, 6.45) is 1.66. The van der Waals surface area contributed by atoms with Crippen molar-refractivity contribution in [1.29, 1.82) is 0 Å². The minimum Gasteiger partial charge on any atom is -0.508 e. The molecule has 6 nitrogen and oxygen atoms in total. The van der Waals surface area contributed by atoms with Gasteiger partial charge in [-0.3, -0.25) is 9.59 Å². The Labute approximate surface area is 258 Å². The fraction of sp³-hybridized carbons (Fsp3) is 0.158. The van der Waals surface area contributed by atoms with Crippen molar-refractivity contribution >= 4 is 23.2 Å². The van der Waals surface area contributed by atoms with Crippen molar-refractivity contribution in [3.05, 3.63) is 155 Å². The van der Waals surface area contributed by atoms with E-state index in [0.29, 0.717) is 22.5 Å². The normalized spacial score (nSPS) is 12.2. The molecule has 0 spiro atoms. The van der Waals surface area contributed by atoms with Crippen LogP contribution in [0.15, 0.2) is 121 Å². The van der Waals surface area contributed by atoms with Gasteiger partial charge in [0.25, 0.3) is 11.8 Å². The van der Waals surface area contributed by atoms with Gasteiger partial charge >= 0.3 is 0 Å². The van der Waals surface area contributed by atoms with Crippen molar-refractivity contribution in [3.63, 3.8) is 0 Å². The molecule has 0 fully saturated rings. The molecule has 2 atom stereocenters.